The van der Waals surface area contributed by atoms with Crippen molar-refractivity contribution in [2.24, 2.45) is 11.3 Å². The van der Waals surface area contributed by atoms with Crippen molar-refractivity contribution in [3.05, 3.63) is 53.2 Å². The number of carbonyl (C=O) groups excluding carboxylic acids is 2. The molecule has 2 aromatic rings. The fraction of sp³-hybridized carbons (Fsp3) is 0.621. The zero-order valence-electron chi connectivity index (χ0n) is 22.0. The minimum Gasteiger partial charge on any atom is -0.469 e. The molecule has 2 bridgehead atoms. The van der Waals surface area contributed by atoms with Gasteiger partial charge in [0.2, 0.25) is 5.89 Å². The average molecular weight is 497 g/mol. The lowest BCUT2D eigenvalue weighted by atomic mass is 9.75. The van der Waals surface area contributed by atoms with Crippen molar-refractivity contribution in [1.29, 1.82) is 0 Å². The molecule has 4 rings (SSSR count). The minimum absolute atomic E-state index is 0.0192. The van der Waals surface area contributed by atoms with Gasteiger partial charge in [-0.3, -0.25) is 9.59 Å². The molecule has 0 radical (unpaired) electrons. The number of oxazole rings is 1. The van der Waals surface area contributed by atoms with E-state index in [1.807, 2.05) is 12.1 Å². The molecule has 7 nitrogen and oxygen atoms in total. The van der Waals surface area contributed by atoms with Gasteiger partial charge in [-0.1, -0.05) is 51.5 Å². The number of ether oxygens (including phenoxy) is 2. The van der Waals surface area contributed by atoms with E-state index in [2.05, 4.69) is 43.2 Å². The van der Waals surface area contributed by atoms with Gasteiger partial charge in [-0.25, -0.2) is 4.98 Å². The lowest BCUT2D eigenvalue weighted by molar-refractivity contribution is -0.140. The number of benzene rings is 1. The van der Waals surface area contributed by atoms with Crippen molar-refractivity contribution < 1.29 is 23.5 Å². The number of unbranched alkanes of at least 4 members (excludes halogenated alkanes) is 1. The zero-order chi connectivity index (χ0) is 25.7. The fourth-order valence-electron chi connectivity index (χ4n) is 5.59. The van der Waals surface area contributed by atoms with Crippen LogP contribution in [0, 0.1) is 11.3 Å². The molecule has 1 N–H and O–H groups in total. The molecule has 2 aliphatic heterocycles. The quantitative estimate of drug-likeness (QED) is 0.338. The number of fused-ring (bicyclic) bond motifs is 2. The molecule has 7 heteroatoms. The lowest BCUT2D eigenvalue weighted by Gasteiger charge is -2.26. The van der Waals surface area contributed by atoms with Crippen molar-refractivity contribution in [2.45, 2.75) is 90.3 Å². The van der Waals surface area contributed by atoms with E-state index < -0.39 is 0 Å². The van der Waals surface area contributed by atoms with Crippen LogP contribution >= 0.6 is 0 Å². The van der Waals surface area contributed by atoms with E-state index >= 15 is 0 Å². The Kier molecular flexibility index (Phi) is 8.50. The highest BCUT2D eigenvalue weighted by molar-refractivity contribution is 5.91. The summed E-state index contributed by atoms with van der Waals surface area (Å²) in [5, 5.41) is 2.98. The molecule has 36 heavy (non-hydrogen) atoms. The molecule has 1 aromatic heterocycles. The van der Waals surface area contributed by atoms with E-state index in [0.717, 1.165) is 44.1 Å². The summed E-state index contributed by atoms with van der Waals surface area (Å²) in [7, 11) is 1.42. The van der Waals surface area contributed by atoms with Gasteiger partial charge in [0.25, 0.3) is 5.91 Å². The van der Waals surface area contributed by atoms with Gasteiger partial charge < -0.3 is 19.2 Å². The Labute approximate surface area is 214 Å². The molecule has 0 unspecified atom stereocenters. The number of rotatable bonds is 11. The topological polar surface area (TPSA) is 90.7 Å². The number of nitrogens with one attached hydrogen (secondary N) is 1. The molecular formula is C29H40N2O5. The normalized spacial score (nSPS) is 23.1. The van der Waals surface area contributed by atoms with Gasteiger partial charge in [0, 0.05) is 18.9 Å². The van der Waals surface area contributed by atoms with Crippen molar-refractivity contribution in [1.82, 2.24) is 10.3 Å². The van der Waals surface area contributed by atoms with Crippen LogP contribution < -0.4 is 5.32 Å². The second-order valence-electron chi connectivity index (χ2n) is 11.4. The van der Waals surface area contributed by atoms with Crippen LogP contribution in [0.3, 0.4) is 0 Å². The number of methoxy groups -OCH3 is 1. The highest BCUT2D eigenvalue weighted by atomic mass is 16.5. The fourth-order valence-corrected chi connectivity index (χ4v) is 5.59. The third-order valence-corrected chi connectivity index (χ3v) is 7.50. The summed E-state index contributed by atoms with van der Waals surface area (Å²) in [6.45, 7) is 7.34. The maximum Gasteiger partial charge on any atom is 0.305 e. The van der Waals surface area contributed by atoms with E-state index in [4.69, 9.17) is 13.9 Å². The van der Waals surface area contributed by atoms with Crippen LogP contribution in [0.5, 0.6) is 0 Å². The van der Waals surface area contributed by atoms with Crippen LogP contribution in [0.2, 0.25) is 0 Å². The highest BCUT2D eigenvalue weighted by Crippen LogP contribution is 2.50. The molecule has 0 aliphatic carbocycles. The monoisotopic (exact) mass is 496 g/mol. The Bertz CT molecular complexity index is 1040. The Balaban J connectivity index is 1.39. The molecule has 0 spiro atoms. The largest absolute Gasteiger partial charge is 0.469 e. The van der Waals surface area contributed by atoms with Gasteiger partial charge in [0.15, 0.2) is 5.69 Å². The number of aryl methyl sites for hydroxylation is 1. The smallest absolute Gasteiger partial charge is 0.305 e. The van der Waals surface area contributed by atoms with Gasteiger partial charge in [-0.15, -0.1) is 0 Å². The summed E-state index contributed by atoms with van der Waals surface area (Å²) in [6, 6.07) is 8.25. The third-order valence-electron chi connectivity index (χ3n) is 7.50. The predicted octanol–water partition coefficient (Wildman–Crippen LogP) is 5.23. The number of esters is 1. The molecule has 2 fully saturated rings. The maximum absolute atomic E-state index is 12.7. The second-order valence-corrected chi connectivity index (χ2v) is 11.4. The first-order valence-electron chi connectivity index (χ1n) is 13.3. The second kappa shape index (κ2) is 11.6. The number of hydrogen-bond acceptors (Lipinski definition) is 6. The van der Waals surface area contributed by atoms with E-state index in [1.165, 1.54) is 18.9 Å². The van der Waals surface area contributed by atoms with E-state index in [1.54, 1.807) is 0 Å². The number of amides is 1. The summed E-state index contributed by atoms with van der Waals surface area (Å²) in [5.74, 6) is 0.443. The molecule has 2 saturated heterocycles. The first-order valence-corrected chi connectivity index (χ1v) is 13.3. The molecule has 3 heterocycles. The van der Waals surface area contributed by atoms with Crippen molar-refractivity contribution >= 4 is 11.9 Å². The van der Waals surface area contributed by atoms with Crippen LogP contribution in [0.4, 0.5) is 0 Å². The summed E-state index contributed by atoms with van der Waals surface area (Å²) < 4.78 is 17.0. The summed E-state index contributed by atoms with van der Waals surface area (Å²) >= 11 is 0. The molecule has 1 aromatic carbocycles. The molecule has 1 amide bonds. The molecule has 196 valence electrons. The lowest BCUT2D eigenvalue weighted by Crippen LogP contribution is -2.28. The van der Waals surface area contributed by atoms with Gasteiger partial charge in [0.05, 0.1) is 25.2 Å². The Morgan fingerprint density at radius 1 is 1.11 bits per heavy atom. The molecular weight excluding hydrogens is 456 g/mol. The van der Waals surface area contributed by atoms with E-state index in [0.29, 0.717) is 36.4 Å². The Hall–Kier alpha value is -2.67. The summed E-state index contributed by atoms with van der Waals surface area (Å²) in [4.78, 5) is 29.0. The van der Waals surface area contributed by atoms with Crippen LogP contribution in [0.15, 0.2) is 34.9 Å². The Morgan fingerprint density at radius 3 is 2.61 bits per heavy atom. The average Bonchev–Trinajstić information content (AvgIpc) is 3.59. The van der Waals surface area contributed by atoms with Crippen LogP contribution in [0.1, 0.15) is 92.7 Å². The molecule has 4 atom stereocenters. The number of hydrogen-bond donors (Lipinski definition) is 1. The van der Waals surface area contributed by atoms with Crippen LogP contribution in [-0.2, 0) is 27.1 Å². The standard InChI is InChI=1S/C29H40N2O5/c1-29(2,3)15-7-8-16-30-27(33)22-18-35-28(31-22)26-21(23-12-13-24(26)36-23)17-20-10-6-5-9-19(20)11-14-25(32)34-4/h5-6,9-10,18,21,23-24,26H,7-8,11-17H2,1-4H3,(H,30,33)/t21-,23-,24+,26-/m0/s1. The van der Waals surface area contributed by atoms with Gasteiger partial charge >= 0.3 is 5.97 Å². The zero-order valence-corrected chi connectivity index (χ0v) is 22.0. The van der Waals surface area contributed by atoms with Crippen molar-refractivity contribution in [2.75, 3.05) is 13.7 Å². The van der Waals surface area contributed by atoms with E-state index in [9.17, 15) is 9.59 Å². The molecule has 0 saturated carbocycles. The minimum atomic E-state index is -0.203. The number of carbonyl (C=O) groups is 2. The third kappa shape index (κ3) is 6.55. The van der Waals surface area contributed by atoms with Gasteiger partial charge in [-0.2, -0.15) is 0 Å². The Morgan fingerprint density at radius 2 is 1.86 bits per heavy atom. The summed E-state index contributed by atoms with van der Waals surface area (Å²) in [5.41, 5.74) is 3.02. The highest BCUT2D eigenvalue weighted by Gasteiger charge is 2.51. The van der Waals surface area contributed by atoms with Gasteiger partial charge in [0.1, 0.15) is 6.26 Å². The first-order chi connectivity index (χ1) is 17.2. The summed E-state index contributed by atoms with van der Waals surface area (Å²) in [6.07, 6.45) is 8.70. The predicted molar refractivity (Wildman–Crippen MR) is 137 cm³/mol. The number of nitrogens with zero attached hydrogens (tertiary/aromatic N) is 1. The van der Waals surface area contributed by atoms with Crippen molar-refractivity contribution in [3.8, 4) is 0 Å². The SMILES string of the molecule is COC(=O)CCc1ccccc1C[C@@H]1[C@H](c2nc(C(=O)NCCCCC(C)(C)C)co2)[C@H]2CC[C@@H]1O2. The number of aromatic nitrogens is 1. The van der Waals surface area contributed by atoms with Crippen LogP contribution in [-0.4, -0.2) is 42.7 Å². The first kappa shape index (κ1) is 26.4. The van der Waals surface area contributed by atoms with Gasteiger partial charge in [-0.05, 0) is 55.1 Å². The molecule has 2 aliphatic rings. The van der Waals surface area contributed by atoms with Crippen LogP contribution in [0.25, 0.3) is 0 Å². The van der Waals surface area contributed by atoms with Crippen molar-refractivity contribution in [3.63, 3.8) is 0 Å². The van der Waals surface area contributed by atoms with E-state index in [-0.39, 0.29) is 35.9 Å². The maximum atomic E-state index is 12.7.